The molecule has 1 saturated carbocycles. The van der Waals surface area contributed by atoms with Crippen LogP contribution in [0.4, 0.5) is 0 Å². The lowest BCUT2D eigenvalue weighted by Crippen LogP contribution is -2.52. The molecule has 1 nitrogen and oxygen atoms in total. The molecule has 2 heteroatoms. The number of halogens is 1. The van der Waals surface area contributed by atoms with Gasteiger partial charge >= 0.3 is 0 Å². The first-order valence-corrected chi connectivity index (χ1v) is 4.23. The lowest BCUT2D eigenvalue weighted by Gasteiger charge is -2.46. The molecule has 0 spiro atoms. The van der Waals surface area contributed by atoms with Crippen molar-refractivity contribution in [1.29, 1.82) is 0 Å². The van der Waals surface area contributed by atoms with Crippen molar-refractivity contribution >= 4 is 11.6 Å². The first-order chi connectivity index (χ1) is 4.80. The van der Waals surface area contributed by atoms with E-state index in [4.69, 9.17) is 11.6 Å². The first kappa shape index (κ1) is 6.68. The fourth-order valence-corrected chi connectivity index (χ4v) is 2.39. The van der Waals surface area contributed by atoms with Gasteiger partial charge in [0.2, 0.25) is 0 Å². The lowest BCUT2D eigenvalue weighted by atomic mass is 9.66. The van der Waals surface area contributed by atoms with E-state index in [0.717, 1.165) is 12.8 Å². The van der Waals surface area contributed by atoms with Crippen LogP contribution in [0, 0.1) is 11.8 Å². The standard InChI is InChI=1S/C8H11ClO/c9-7-5-3-1-2-4-6(5)8(7)10/h1,3,5-8,10H,2,4H2. The summed E-state index contributed by atoms with van der Waals surface area (Å²) < 4.78 is 0. The summed E-state index contributed by atoms with van der Waals surface area (Å²) in [6, 6.07) is 0. The molecule has 4 unspecified atom stereocenters. The van der Waals surface area contributed by atoms with Gasteiger partial charge in [0, 0.05) is 5.92 Å². The molecule has 0 aromatic rings. The molecule has 0 aromatic heterocycles. The number of fused-ring (bicyclic) bond motifs is 1. The molecule has 0 aromatic carbocycles. The highest BCUT2D eigenvalue weighted by atomic mass is 35.5. The number of rotatable bonds is 0. The minimum Gasteiger partial charge on any atom is -0.391 e. The second-order valence-corrected chi connectivity index (χ2v) is 3.69. The Balaban J connectivity index is 2.11. The SMILES string of the molecule is OC1C(Cl)C2C=CCCC12. The summed E-state index contributed by atoms with van der Waals surface area (Å²) in [6.45, 7) is 0. The Labute approximate surface area is 65.7 Å². The van der Waals surface area contributed by atoms with Gasteiger partial charge < -0.3 is 5.11 Å². The topological polar surface area (TPSA) is 20.2 Å². The molecule has 2 aliphatic carbocycles. The van der Waals surface area contributed by atoms with E-state index < -0.39 is 0 Å². The molecule has 1 N–H and O–H groups in total. The predicted octanol–water partition coefficient (Wildman–Crippen LogP) is 1.55. The number of hydrogen-bond donors (Lipinski definition) is 1. The number of aliphatic hydroxyl groups is 1. The Morgan fingerprint density at radius 3 is 3.00 bits per heavy atom. The molecule has 0 aliphatic heterocycles. The van der Waals surface area contributed by atoms with Crippen LogP contribution in [0.2, 0.25) is 0 Å². The highest BCUT2D eigenvalue weighted by Crippen LogP contribution is 2.44. The van der Waals surface area contributed by atoms with Crippen molar-refractivity contribution in [3.8, 4) is 0 Å². The Morgan fingerprint density at radius 1 is 1.50 bits per heavy atom. The van der Waals surface area contributed by atoms with Gasteiger partial charge in [0.25, 0.3) is 0 Å². The molecular weight excluding hydrogens is 148 g/mol. The Morgan fingerprint density at radius 2 is 2.30 bits per heavy atom. The molecule has 0 bridgehead atoms. The van der Waals surface area contributed by atoms with Crippen molar-refractivity contribution in [3.05, 3.63) is 12.2 Å². The van der Waals surface area contributed by atoms with Crippen LogP contribution >= 0.6 is 11.6 Å². The largest absolute Gasteiger partial charge is 0.391 e. The van der Waals surface area contributed by atoms with Crippen LogP contribution in [-0.2, 0) is 0 Å². The van der Waals surface area contributed by atoms with E-state index in [1.54, 1.807) is 0 Å². The summed E-state index contributed by atoms with van der Waals surface area (Å²) in [5.74, 6) is 0.929. The molecule has 0 saturated heterocycles. The summed E-state index contributed by atoms with van der Waals surface area (Å²) in [5, 5.41) is 9.33. The monoisotopic (exact) mass is 158 g/mol. The van der Waals surface area contributed by atoms with E-state index in [-0.39, 0.29) is 11.5 Å². The molecule has 0 heterocycles. The van der Waals surface area contributed by atoms with E-state index in [1.807, 2.05) is 0 Å². The second kappa shape index (κ2) is 2.24. The summed E-state index contributed by atoms with van der Waals surface area (Å²) in [7, 11) is 0. The Hall–Kier alpha value is -0.0100. The molecular formula is C8H11ClO. The fourth-order valence-electron chi connectivity index (χ4n) is 1.94. The van der Waals surface area contributed by atoms with Gasteiger partial charge in [-0.1, -0.05) is 12.2 Å². The minimum absolute atomic E-state index is 0.0125. The van der Waals surface area contributed by atoms with Crippen LogP contribution in [0.3, 0.4) is 0 Å². The zero-order chi connectivity index (χ0) is 7.14. The van der Waals surface area contributed by atoms with Gasteiger partial charge in [-0.2, -0.15) is 0 Å². The zero-order valence-electron chi connectivity index (χ0n) is 5.70. The van der Waals surface area contributed by atoms with E-state index in [2.05, 4.69) is 12.2 Å². The van der Waals surface area contributed by atoms with Gasteiger partial charge in [0.05, 0.1) is 11.5 Å². The maximum Gasteiger partial charge on any atom is 0.0743 e. The van der Waals surface area contributed by atoms with E-state index in [1.165, 1.54) is 0 Å². The molecule has 0 radical (unpaired) electrons. The number of hydrogen-bond acceptors (Lipinski definition) is 1. The molecule has 2 aliphatic rings. The molecule has 56 valence electrons. The smallest absolute Gasteiger partial charge is 0.0743 e. The van der Waals surface area contributed by atoms with Crippen molar-refractivity contribution in [2.75, 3.05) is 0 Å². The lowest BCUT2D eigenvalue weighted by molar-refractivity contribution is -0.0143. The van der Waals surface area contributed by atoms with Crippen molar-refractivity contribution in [2.24, 2.45) is 11.8 Å². The number of aliphatic hydroxyl groups excluding tert-OH is 1. The highest BCUT2D eigenvalue weighted by Gasteiger charge is 2.47. The molecule has 4 atom stereocenters. The van der Waals surface area contributed by atoms with Crippen LogP contribution in [0.1, 0.15) is 12.8 Å². The van der Waals surface area contributed by atoms with Gasteiger partial charge in [-0.25, -0.2) is 0 Å². The van der Waals surface area contributed by atoms with E-state index in [9.17, 15) is 5.11 Å². The van der Waals surface area contributed by atoms with Gasteiger partial charge in [0.1, 0.15) is 0 Å². The molecule has 10 heavy (non-hydrogen) atoms. The van der Waals surface area contributed by atoms with Crippen molar-refractivity contribution < 1.29 is 5.11 Å². The van der Waals surface area contributed by atoms with Crippen LogP contribution in [0.5, 0.6) is 0 Å². The average Bonchev–Trinajstić information content (AvgIpc) is 2.03. The zero-order valence-corrected chi connectivity index (χ0v) is 6.46. The quantitative estimate of drug-likeness (QED) is 0.419. The second-order valence-electron chi connectivity index (χ2n) is 3.18. The van der Waals surface area contributed by atoms with E-state index >= 15 is 0 Å². The summed E-state index contributed by atoms with van der Waals surface area (Å²) in [4.78, 5) is 0. The van der Waals surface area contributed by atoms with E-state index in [0.29, 0.717) is 11.8 Å². The third-order valence-electron chi connectivity index (χ3n) is 2.65. The predicted molar refractivity (Wildman–Crippen MR) is 41.0 cm³/mol. The van der Waals surface area contributed by atoms with Crippen LogP contribution < -0.4 is 0 Å². The molecule has 1 fully saturated rings. The number of alkyl halides is 1. The van der Waals surface area contributed by atoms with Gasteiger partial charge in [-0.15, -0.1) is 11.6 Å². The molecule has 0 amide bonds. The van der Waals surface area contributed by atoms with Gasteiger partial charge in [0.15, 0.2) is 0 Å². The third kappa shape index (κ3) is 0.739. The molecule has 2 rings (SSSR count). The number of allylic oxidation sites excluding steroid dienone is 2. The van der Waals surface area contributed by atoms with Crippen molar-refractivity contribution in [2.45, 2.75) is 24.3 Å². The summed E-state index contributed by atoms with van der Waals surface area (Å²) >= 11 is 5.87. The fraction of sp³-hybridized carbons (Fsp3) is 0.750. The van der Waals surface area contributed by atoms with Crippen LogP contribution in [0.25, 0.3) is 0 Å². The Kier molecular flexibility index (Phi) is 1.50. The minimum atomic E-state index is -0.239. The third-order valence-corrected chi connectivity index (χ3v) is 3.20. The first-order valence-electron chi connectivity index (χ1n) is 3.79. The maximum absolute atomic E-state index is 9.35. The van der Waals surface area contributed by atoms with Gasteiger partial charge in [-0.3, -0.25) is 0 Å². The summed E-state index contributed by atoms with van der Waals surface area (Å²) in [5.41, 5.74) is 0. The summed E-state index contributed by atoms with van der Waals surface area (Å²) in [6.07, 6.45) is 6.31. The van der Waals surface area contributed by atoms with Crippen LogP contribution in [-0.4, -0.2) is 16.6 Å². The van der Waals surface area contributed by atoms with Gasteiger partial charge in [-0.05, 0) is 18.8 Å². The van der Waals surface area contributed by atoms with Crippen molar-refractivity contribution in [1.82, 2.24) is 0 Å². The average molecular weight is 159 g/mol. The Bertz CT molecular complexity index is 167. The van der Waals surface area contributed by atoms with Crippen LogP contribution in [0.15, 0.2) is 12.2 Å². The highest BCUT2D eigenvalue weighted by molar-refractivity contribution is 6.22. The normalized spacial score (nSPS) is 51.8. The maximum atomic E-state index is 9.35. The van der Waals surface area contributed by atoms with Crippen molar-refractivity contribution in [3.63, 3.8) is 0 Å².